The number of nitrogens with one attached hydrogen (secondary N) is 1. The van der Waals surface area contributed by atoms with Crippen molar-refractivity contribution in [1.82, 2.24) is 14.9 Å². The van der Waals surface area contributed by atoms with Crippen molar-refractivity contribution >= 4 is 16.9 Å². The van der Waals surface area contributed by atoms with Crippen molar-refractivity contribution in [2.75, 3.05) is 0 Å². The molecular weight excluding hydrogens is 322 g/mol. The van der Waals surface area contributed by atoms with Gasteiger partial charge in [-0.3, -0.25) is 4.79 Å². The Morgan fingerprint density at radius 1 is 1.19 bits per heavy atom. The van der Waals surface area contributed by atoms with E-state index >= 15 is 0 Å². The zero-order valence-electron chi connectivity index (χ0n) is 15.6. The average molecular weight is 347 g/mol. The molecule has 0 saturated heterocycles. The van der Waals surface area contributed by atoms with Crippen molar-refractivity contribution in [2.24, 2.45) is 0 Å². The van der Waals surface area contributed by atoms with Gasteiger partial charge in [0.15, 0.2) is 0 Å². The van der Waals surface area contributed by atoms with Gasteiger partial charge in [-0.1, -0.05) is 30.3 Å². The Labute approximate surface area is 154 Å². The molecule has 1 fully saturated rings. The largest absolute Gasteiger partial charge is 0.348 e. The molecule has 4 heteroatoms. The SMILES string of the molecule is Cc1cccc(C(C)NC(=O)Cn2c(C3CC3)nc3ccccc32)c1C. The van der Waals surface area contributed by atoms with Gasteiger partial charge < -0.3 is 9.88 Å². The normalized spacial score (nSPS) is 15.2. The maximum atomic E-state index is 12.8. The Morgan fingerprint density at radius 2 is 1.96 bits per heavy atom. The smallest absolute Gasteiger partial charge is 0.240 e. The number of aryl methyl sites for hydroxylation is 1. The summed E-state index contributed by atoms with van der Waals surface area (Å²) in [6.45, 7) is 6.59. The van der Waals surface area contributed by atoms with Crippen molar-refractivity contribution < 1.29 is 4.79 Å². The second-order valence-electron chi connectivity index (χ2n) is 7.40. The summed E-state index contributed by atoms with van der Waals surface area (Å²) in [5.74, 6) is 1.59. The predicted molar refractivity (Wildman–Crippen MR) is 104 cm³/mol. The topological polar surface area (TPSA) is 46.9 Å². The number of hydrogen-bond acceptors (Lipinski definition) is 2. The number of amides is 1. The highest BCUT2D eigenvalue weighted by molar-refractivity contribution is 5.81. The zero-order valence-corrected chi connectivity index (χ0v) is 15.6. The van der Waals surface area contributed by atoms with Gasteiger partial charge in [-0.05, 0) is 62.4 Å². The molecule has 0 spiro atoms. The third-order valence-corrected chi connectivity index (χ3v) is 5.42. The van der Waals surface area contributed by atoms with E-state index in [1.54, 1.807) is 0 Å². The summed E-state index contributed by atoms with van der Waals surface area (Å²) in [4.78, 5) is 17.5. The van der Waals surface area contributed by atoms with Crippen LogP contribution in [-0.4, -0.2) is 15.5 Å². The summed E-state index contributed by atoms with van der Waals surface area (Å²) >= 11 is 0. The highest BCUT2D eigenvalue weighted by Gasteiger charge is 2.30. The number of hydrogen-bond donors (Lipinski definition) is 1. The number of para-hydroxylation sites is 2. The van der Waals surface area contributed by atoms with Crippen LogP contribution in [0, 0.1) is 13.8 Å². The molecule has 1 atom stereocenters. The van der Waals surface area contributed by atoms with E-state index in [0.717, 1.165) is 16.9 Å². The van der Waals surface area contributed by atoms with Gasteiger partial charge in [-0.15, -0.1) is 0 Å². The Balaban J connectivity index is 1.56. The Bertz CT molecular complexity index is 969. The first-order valence-electron chi connectivity index (χ1n) is 9.35. The van der Waals surface area contributed by atoms with Crippen LogP contribution in [0.1, 0.15) is 54.2 Å². The fourth-order valence-corrected chi connectivity index (χ4v) is 3.66. The van der Waals surface area contributed by atoms with Crippen LogP contribution in [-0.2, 0) is 11.3 Å². The summed E-state index contributed by atoms with van der Waals surface area (Å²) in [5, 5.41) is 3.17. The molecule has 4 rings (SSSR count). The van der Waals surface area contributed by atoms with Crippen molar-refractivity contribution in [3.8, 4) is 0 Å². The lowest BCUT2D eigenvalue weighted by Crippen LogP contribution is -2.31. The standard InChI is InChI=1S/C22H25N3O/c1-14-7-6-8-18(15(14)2)16(3)23-21(26)13-25-20-10-5-4-9-19(20)24-22(25)17-11-12-17/h4-10,16-17H,11-13H2,1-3H3,(H,23,26). The monoisotopic (exact) mass is 347 g/mol. The zero-order chi connectivity index (χ0) is 18.3. The fraction of sp³-hybridized carbons (Fsp3) is 0.364. The summed E-state index contributed by atoms with van der Waals surface area (Å²) in [6, 6.07) is 14.3. The molecule has 1 N–H and O–H groups in total. The molecule has 1 aliphatic carbocycles. The van der Waals surface area contributed by atoms with Gasteiger partial charge in [0.25, 0.3) is 0 Å². The molecule has 1 heterocycles. The predicted octanol–water partition coefficient (Wildman–Crippen LogP) is 4.41. The minimum absolute atomic E-state index is 0.0124. The van der Waals surface area contributed by atoms with Gasteiger partial charge >= 0.3 is 0 Å². The number of fused-ring (bicyclic) bond motifs is 1. The quantitative estimate of drug-likeness (QED) is 0.743. The van der Waals surface area contributed by atoms with Crippen LogP contribution < -0.4 is 5.32 Å². The van der Waals surface area contributed by atoms with Gasteiger partial charge in [-0.2, -0.15) is 0 Å². The van der Waals surface area contributed by atoms with E-state index in [1.807, 2.05) is 25.1 Å². The van der Waals surface area contributed by atoms with Gasteiger partial charge in [0.2, 0.25) is 5.91 Å². The van der Waals surface area contributed by atoms with E-state index in [0.29, 0.717) is 12.5 Å². The molecule has 1 aromatic heterocycles. The Hall–Kier alpha value is -2.62. The minimum atomic E-state index is -0.0124. The molecular formula is C22H25N3O. The summed E-state index contributed by atoms with van der Waals surface area (Å²) in [6.07, 6.45) is 2.34. The highest BCUT2D eigenvalue weighted by Crippen LogP contribution is 2.40. The molecule has 1 amide bonds. The maximum absolute atomic E-state index is 12.8. The number of carbonyl (C=O) groups excluding carboxylic acids is 1. The number of aromatic nitrogens is 2. The number of carbonyl (C=O) groups is 1. The fourth-order valence-electron chi connectivity index (χ4n) is 3.66. The molecule has 1 saturated carbocycles. The first-order chi connectivity index (χ1) is 12.5. The maximum Gasteiger partial charge on any atom is 0.240 e. The van der Waals surface area contributed by atoms with E-state index in [4.69, 9.17) is 4.98 Å². The summed E-state index contributed by atoms with van der Waals surface area (Å²) in [5.41, 5.74) is 5.69. The molecule has 0 radical (unpaired) electrons. The third kappa shape index (κ3) is 3.12. The van der Waals surface area contributed by atoms with E-state index in [2.05, 4.69) is 48.0 Å². The van der Waals surface area contributed by atoms with Crippen LogP contribution in [0.3, 0.4) is 0 Å². The molecule has 3 aromatic rings. The first kappa shape index (κ1) is 16.8. The molecule has 0 aliphatic heterocycles. The number of rotatable bonds is 5. The molecule has 0 bridgehead atoms. The third-order valence-electron chi connectivity index (χ3n) is 5.42. The van der Waals surface area contributed by atoms with Crippen molar-refractivity contribution in [3.63, 3.8) is 0 Å². The van der Waals surface area contributed by atoms with Crippen LogP contribution >= 0.6 is 0 Å². The lowest BCUT2D eigenvalue weighted by molar-refractivity contribution is -0.122. The minimum Gasteiger partial charge on any atom is -0.348 e. The number of imidazole rings is 1. The van der Waals surface area contributed by atoms with E-state index < -0.39 is 0 Å². The Kier molecular flexibility index (Phi) is 4.27. The van der Waals surface area contributed by atoms with Crippen LogP contribution in [0.5, 0.6) is 0 Å². The van der Waals surface area contributed by atoms with Crippen LogP contribution in [0.25, 0.3) is 11.0 Å². The van der Waals surface area contributed by atoms with E-state index in [1.165, 1.54) is 29.5 Å². The van der Waals surface area contributed by atoms with Crippen LogP contribution in [0.4, 0.5) is 0 Å². The van der Waals surface area contributed by atoms with Crippen LogP contribution in [0.2, 0.25) is 0 Å². The number of benzene rings is 2. The molecule has 26 heavy (non-hydrogen) atoms. The van der Waals surface area contributed by atoms with Crippen molar-refractivity contribution in [2.45, 2.75) is 52.1 Å². The van der Waals surface area contributed by atoms with Gasteiger partial charge in [-0.25, -0.2) is 4.98 Å². The van der Waals surface area contributed by atoms with Gasteiger partial charge in [0.05, 0.1) is 17.1 Å². The average Bonchev–Trinajstić information content (AvgIpc) is 3.40. The van der Waals surface area contributed by atoms with Gasteiger partial charge in [0, 0.05) is 5.92 Å². The lowest BCUT2D eigenvalue weighted by Gasteiger charge is -2.18. The molecule has 4 nitrogen and oxygen atoms in total. The number of nitrogens with zero attached hydrogens (tertiary/aromatic N) is 2. The molecule has 134 valence electrons. The first-order valence-corrected chi connectivity index (χ1v) is 9.35. The second kappa shape index (κ2) is 6.60. The van der Waals surface area contributed by atoms with Crippen molar-refractivity contribution in [3.05, 3.63) is 65.0 Å². The van der Waals surface area contributed by atoms with E-state index in [9.17, 15) is 4.79 Å². The van der Waals surface area contributed by atoms with Gasteiger partial charge in [0.1, 0.15) is 12.4 Å². The second-order valence-corrected chi connectivity index (χ2v) is 7.40. The molecule has 1 aliphatic rings. The van der Waals surface area contributed by atoms with E-state index in [-0.39, 0.29) is 11.9 Å². The molecule has 1 unspecified atom stereocenters. The lowest BCUT2D eigenvalue weighted by atomic mass is 9.98. The Morgan fingerprint density at radius 3 is 2.73 bits per heavy atom. The molecule has 2 aromatic carbocycles. The van der Waals surface area contributed by atoms with Crippen LogP contribution in [0.15, 0.2) is 42.5 Å². The highest BCUT2D eigenvalue weighted by atomic mass is 16.2. The van der Waals surface area contributed by atoms with Crippen molar-refractivity contribution in [1.29, 1.82) is 0 Å². The summed E-state index contributed by atoms with van der Waals surface area (Å²) in [7, 11) is 0. The summed E-state index contributed by atoms with van der Waals surface area (Å²) < 4.78 is 2.10.